The van der Waals surface area contributed by atoms with E-state index in [1.165, 1.54) is 0 Å². The molecule has 0 amide bonds. The van der Waals surface area contributed by atoms with Crippen molar-refractivity contribution in [3.63, 3.8) is 0 Å². The molecule has 6 rings (SSSR count). The molecule has 4 saturated heterocycles. The van der Waals surface area contributed by atoms with Gasteiger partial charge in [-0.15, -0.1) is 0 Å². The molecule has 4 heterocycles. The summed E-state index contributed by atoms with van der Waals surface area (Å²) in [5.74, 6) is -0.366. The summed E-state index contributed by atoms with van der Waals surface area (Å²) in [6, 6.07) is 19.2. The largest absolute Gasteiger partial charge is 0.455 e. The number of fused-ring (bicyclic) bond motifs is 3. The Hall–Kier alpha value is -2.29. The van der Waals surface area contributed by atoms with Crippen LogP contribution in [0.15, 0.2) is 60.7 Å². The van der Waals surface area contributed by atoms with Crippen LogP contribution in [0.3, 0.4) is 0 Å². The third-order valence-electron chi connectivity index (χ3n) is 6.68. The Labute approximate surface area is 174 Å². The molecule has 1 unspecified atom stereocenters. The van der Waals surface area contributed by atoms with Crippen LogP contribution in [0.1, 0.15) is 15.9 Å². The highest BCUT2D eigenvalue weighted by atomic mass is 16.8. The van der Waals surface area contributed by atoms with Crippen LogP contribution in [-0.4, -0.2) is 61.5 Å². The molecule has 2 bridgehead atoms. The molecule has 0 aromatic heterocycles. The molecule has 2 aromatic rings. The van der Waals surface area contributed by atoms with E-state index < -0.39 is 17.8 Å². The van der Waals surface area contributed by atoms with Crippen LogP contribution in [0.4, 0.5) is 0 Å². The van der Waals surface area contributed by atoms with Gasteiger partial charge in [-0.3, -0.25) is 4.84 Å². The average molecular weight is 409 g/mol. The minimum absolute atomic E-state index is 0.0492. The zero-order chi connectivity index (χ0) is 20.1. The number of rotatable bonds is 4. The first-order valence-corrected chi connectivity index (χ1v) is 10.3. The molecule has 30 heavy (non-hydrogen) atoms. The highest BCUT2D eigenvalue weighted by Gasteiger charge is 2.72. The van der Waals surface area contributed by atoms with E-state index in [0.717, 1.165) is 5.56 Å². The molecule has 0 N–H and O–H groups in total. The van der Waals surface area contributed by atoms with E-state index in [4.69, 9.17) is 23.8 Å². The number of carbonyl (C=O) groups is 1. The first-order valence-electron chi connectivity index (χ1n) is 10.3. The number of hydrogen-bond donors (Lipinski definition) is 0. The molecule has 7 nitrogen and oxygen atoms in total. The van der Waals surface area contributed by atoms with E-state index in [2.05, 4.69) is 12.1 Å². The van der Waals surface area contributed by atoms with Crippen molar-refractivity contribution in [1.29, 1.82) is 0 Å². The lowest BCUT2D eigenvalue weighted by Crippen LogP contribution is -2.62. The molecule has 0 saturated carbocycles. The van der Waals surface area contributed by atoms with E-state index in [0.29, 0.717) is 31.9 Å². The van der Waals surface area contributed by atoms with E-state index in [9.17, 15) is 4.79 Å². The number of hydroxylamine groups is 2. The zero-order valence-electron chi connectivity index (χ0n) is 16.4. The van der Waals surface area contributed by atoms with Crippen LogP contribution in [0.25, 0.3) is 0 Å². The number of nitrogens with zero attached hydrogens (tertiary/aromatic N) is 1. The van der Waals surface area contributed by atoms with Crippen LogP contribution in [0.5, 0.6) is 0 Å². The van der Waals surface area contributed by atoms with Crippen molar-refractivity contribution < 1.29 is 28.6 Å². The fourth-order valence-corrected chi connectivity index (χ4v) is 5.24. The number of esters is 1. The molecule has 6 atom stereocenters. The van der Waals surface area contributed by atoms with Gasteiger partial charge in [0.2, 0.25) is 0 Å². The van der Waals surface area contributed by atoms with Crippen molar-refractivity contribution in [3.05, 3.63) is 71.8 Å². The van der Waals surface area contributed by atoms with Crippen molar-refractivity contribution in [2.45, 2.75) is 37.2 Å². The van der Waals surface area contributed by atoms with Gasteiger partial charge in [-0.25, -0.2) is 4.79 Å². The third-order valence-corrected chi connectivity index (χ3v) is 6.68. The second-order valence-corrected chi connectivity index (χ2v) is 8.28. The molecule has 0 aliphatic carbocycles. The minimum Gasteiger partial charge on any atom is -0.455 e. The van der Waals surface area contributed by atoms with Gasteiger partial charge in [0.25, 0.3) is 0 Å². The number of hydrogen-bond acceptors (Lipinski definition) is 7. The molecule has 0 radical (unpaired) electrons. The van der Waals surface area contributed by atoms with E-state index in [1.54, 1.807) is 12.1 Å². The fourth-order valence-electron chi connectivity index (χ4n) is 5.24. The van der Waals surface area contributed by atoms with Crippen molar-refractivity contribution >= 4 is 5.97 Å². The van der Waals surface area contributed by atoms with Crippen molar-refractivity contribution in [3.8, 4) is 0 Å². The van der Waals surface area contributed by atoms with Crippen LogP contribution in [0.2, 0.25) is 0 Å². The topological polar surface area (TPSA) is 66.5 Å². The smallest absolute Gasteiger partial charge is 0.338 e. The van der Waals surface area contributed by atoms with Crippen LogP contribution < -0.4 is 0 Å². The lowest BCUT2D eigenvalue weighted by molar-refractivity contribution is -0.235. The predicted octanol–water partition coefficient (Wildman–Crippen LogP) is 2.17. The van der Waals surface area contributed by atoms with Gasteiger partial charge in [0.15, 0.2) is 6.29 Å². The second kappa shape index (κ2) is 7.14. The van der Waals surface area contributed by atoms with Crippen LogP contribution in [0, 0.1) is 5.41 Å². The summed E-state index contributed by atoms with van der Waals surface area (Å²) in [4.78, 5) is 19.1. The fraction of sp³-hybridized carbons (Fsp3) is 0.435. The Kier molecular flexibility index (Phi) is 4.40. The second-order valence-electron chi connectivity index (χ2n) is 8.28. The van der Waals surface area contributed by atoms with Crippen molar-refractivity contribution in [1.82, 2.24) is 5.06 Å². The Bertz CT molecular complexity index is 924. The van der Waals surface area contributed by atoms with Crippen LogP contribution in [-0.2, 0) is 30.3 Å². The zero-order valence-corrected chi connectivity index (χ0v) is 16.4. The number of ether oxygens (including phenoxy) is 4. The Balaban J connectivity index is 1.31. The van der Waals surface area contributed by atoms with Gasteiger partial charge in [-0.1, -0.05) is 48.5 Å². The molecular formula is C23H23NO6. The maximum atomic E-state index is 12.9. The van der Waals surface area contributed by atoms with E-state index in [-0.39, 0.29) is 24.2 Å². The summed E-state index contributed by atoms with van der Waals surface area (Å²) in [5, 5.41) is 1.98. The molecule has 4 aliphatic rings. The molecule has 4 aliphatic heterocycles. The van der Waals surface area contributed by atoms with Gasteiger partial charge in [-0.2, -0.15) is 5.06 Å². The quantitative estimate of drug-likeness (QED) is 0.717. The standard InChI is InChI=1S/C23H23NO6/c25-21(16-9-5-2-6-10-16)30-19-17-12-27-22(29-17)20-23(19)14-28-24(18(23)13-26-20)11-15-7-3-1-4-8-15/h1-10,17-20,22H,11-14H2/t17-,18?,19-,20-,22-,23-/m1/s1. The summed E-state index contributed by atoms with van der Waals surface area (Å²) in [6.07, 6.45) is -1.63. The van der Waals surface area contributed by atoms with Crippen LogP contribution >= 0.6 is 0 Å². The number of benzene rings is 2. The third kappa shape index (κ3) is 2.74. The lowest BCUT2D eigenvalue weighted by Gasteiger charge is -2.44. The molecule has 1 spiro atoms. The molecule has 156 valence electrons. The van der Waals surface area contributed by atoms with Gasteiger partial charge in [0.1, 0.15) is 18.3 Å². The first kappa shape index (κ1) is 18.5. The maximum Gasteiger partial charge on any atom is 0.338 e. The Morgan fingerprint density at radius 3 is 2.60 bits per heavy atom. The molecule has 2 aromatic carbocycles. The highest BCUT2D eigenvalue weighted by Crippen LogP contribution is 2.55. The normalized spacial score (nSPS) is 37.0. The molecule has 7 heteroatoms. The summed E-state index contributed by atoms with van der Waals surface area (Å²) < 4.78 is 24.1. The maximum absolute atomic E-state index is 12.9. The monoisotopic (exact) mass is 409 g/mol. The Morgan fingerprint density at radius 1 is 1.03 bits per heavy atom. The summed E-state index contributed by atoms with van der Waals surface area (Å²) >= 11 is 0. The summed E-state index contributed by atoms with van der Waals surface area (Å²) in [5.41, 5.74) is 1.15. The van der Waals surface area contributed by atoms with Crippen molar-refractivity contribution in [2.24, 2.45) is 5.41 Å². The summed E-state index contributed by atoms with van der Waals surface area (Å²) in [7, 11) is 0. The average Bonchev–Trinajstić information content (AvgIpc) is 3.47. The predicted molar refractivity (Wildman–Crippen MR) is 104 cm³/mol. The summed E-state index contributed by atoms with van der Waals surface area (Å²) in [6.45, 7) is 1.90. The van der Waals surface area contributed by atoms with Gasteiger partial charge in [0, 0.05) is 6.54 Å². The van der Waals surface area contributed by atoms with E-state index >= 15 is 0 Å². The van der Waals surface area contributed by atoms with Crippen molar-refractivity contribution in [2.75, 3.05) is 19.8 Å². The van der Waals surface area contributed by atoms with E-state index in [1.807, 2.05) is 41.5 Å². The van der Waals surface area contributed by atoms with Gasteiger partial charge in [0.05, 0.1) is 36.8 Å². The van der Waals surface area contributed by atoms with Gasteiger partial charge in [-0.05, 0) is 17.7 Å². The number of carbonyl (C=O) groups excluding carboxylic acids is 1. The SMILES string of the molecule is O=C(O[C@@H]1[C@H]2CO[C@H](O2)[C@H]2OCC3N(Cc4ccccc4)OC[C@]321)c1ccccc1. The van der Waals surface area contributed by atoms with Gasteiger partial charge < -0.3 is 18.9 Å². The molecule has 4 fully saturated rings. The highest BCUT2D eigenvalue weighted by molar-refractivity contribution is 5.89. The first-order chi connectivity index (χ1) is 14.8. The molecular weight excluding hydrogens is 386 g/mol. The minimum atomic E-state index is -0.524. The Morgan fingerprint density at radius 2 is 1.80 bits per heavy atom. The lowest BCUT2D eigenvalue weighted by atomic mass is 9.70. The van der Waals surface area contributed by atoms with Gasteiger partial charge >= 0.3 is 5.97 Å².